The van der Waals surface area contributed by atoms with Gasteiger partial charge in [-0.2, -0.15) is 0 Å². The first-order chi connectivity index (χ1) is 11.5. The van der Waals surface area contributed by atoms with Crippen molar-refractivity contribution in [1.82, 2.24) is 10.5 Å². The van der Waals surface area contributed by atoms with Crippen molar-refractivity contribution in [1.29, 1.82) is 0 Å². The third kappa shape index (κ3) is 3.49. The normalized spacial score (nSPS) is 10.6. The molecule has 3 aromatic rings. The number of hydrogen-bond donors (Lipinski definition) is 1. The molecule has 0 saturated heterocycles. The average molecular weight is 341 g/mol. The predicted octanol–water partition coefficient (Wildman–Crippen LogP) is 4.54. The molecule has 0 fully saturated rings. The Morgan fingerprint density at radius 2 is 1.92 bits per heavy atom. The van der Waals surface area contributed by atoms with Crippen molar-refractivity contribution in [3.63, 3.8) is 0 Å². The number of nitrogens with one attached hydrogen (secondary N) is 1. The van der Waals surface area contributed by atoms with Gasteiger partial charge in [0.15, 0.2) is 0 Å². The van der Waals surface area contributed by atoms with Crippen LogP contribution in [-0.2, 0) is 6.54 Å². The van der Waals surface area contributed by atoms with E-state index in [-0.39, 0.29) is 5.91 Å². The van der Waals surface area contributed by atoms with E-state index >= 15 is 0 Å². The van der Waals surface area contributed by atoms with Crippen LogP contribution >= 0.6 is 11.6 Å². The molecule has 0 aliphatic carbocycles. The second-order valence-electron chi connectivity index (χ2n) is 5.64. The lowest BCUT2D eigenvalue weighted by atomic mass is 10.1. The summed E-state index contributed by atoms with van der Waals surface area (Å²) in [6, 6.07) is 15.2. The van der Waals surface area contributed by atoms with E-state index < -0.39 is 0 Å². The molecule has 1 N–H and O–H groups in total. The van der Waals surface area contributed by atoms with Gasteiger partial charge >= 0.3 is 0 Å². The minimum atomic E-state index is -0.218. The van der Waals surface area contributed by atoms with Crippen molar-refractivity contribution in [2.75, 3.05) is 0 Å². The van der Waals surface area contributed by atoms with Gasteiger partial charge in [0, 0.05) is 17.1 Å². The Labute approximate surface area is 145 Å². The zero-order chi connectivity index (χ0) is 17.1. The number of benzene rings is 2. The first kappa shape index (κ1) is 16.3. The standard InChI is InChI=1S/C19H17ClN2O2/c1-12-6-8-14(9-7-12)11-21-19(23)17-13(2)24-22-18(17)15-4-3-5-16(20)10-15/h3-10H,11H2,1-2H3,(H,21,23). The summed E-state index contributed by atoms with van der Waals surface area (Å²) in [6.07, 6.45) is 0. The molecule has 2 aromatic carbocycles. The Morgan fingerprint density at radius 3 is 2.62 bits per heavy atom. The molecule has 5 heteroatoms. The zero-order valence-electron chi connectivity index (χ0n) is 13.5. The van der Waals surface area contributed by atoms with Gasteiger partial charge in [-0.05, 0) is 31.5 Å². The van der Waals surface area contributed by atoms with Crippen LogP contribution in [0.25, 0.3) is 11.3 Å². The van der Waals surface area contributed by atoms with Gasteiger partial charge in [0.1, 0.15) is 17.0 Å². The fourth-order valence-electron chi connectivity index (χ4n) is 2.45. The summed E-state index contributed by atoms with van der Waals surface area (Å²) in [7, 11) is 0. The summed E-state index contributed by atoms with van der Waals surface area (Å²) in [6.45, 7) is 4.20. The van der Waals surface area contributed by atoms with Crippen LogP contribution in [0.4, 0.5) is 0 Å². The second-order valence-corrected chi connectivity index (χ2v) is 6.08. The molecule has 1 amide bonds. The van der Waals surface area contributed by atoms with Crippen molar-refractivity contribution in [3.05, 3.63) is 76.0 Å². The van der Waals surface area contributed by atoms with Crippen LogP contribution in [0.15, 0.2) is 53.1 Å². The van der Waals surface area contributed by atoms with Crippen LogP contribution in [0, 0.1) is 13.8 Å². The SMILES string of the molecule is Cc1ccc(CNC(=O)c2c(-c3cccc(Cl)c3)noc2C)cc1. The van der Waals surface area contributed by atoms with Gasteiger partial charge in [-0.15, -0.1) is 0 Å². The van der Waals surface area contributed by atoms with E-state index in [2.05, 4.69) is 10.5 Å². The average Bonchev–Trinajstić information content (AvgIpc) is 2.96. The minimum Gasteiger partial charge on any atom is -0.360 e. The van der Waals surface area contributed by atoms with E-state index in [9.17, 15) is 4.79 Å². The number of rotatable bonds is 4. The van der Waals surface area contributed by atoms with Crippen molar-refractivity contribution < 1.29 is 9.32 Å². The third-order valence-electron chi connectivity index (χ3n) is 3.76. The molecule has 4 nitrogen and oxygen atoms in total. The minimum absolute atomic E-state index is 0.218. The summed E-state index contributed by atoms with van der Waals surface area (Å²) in [5.74, 6) is 0.260. The van der Waals surface area contributed by atoms with Crippen LogP contribution in [-0.4, -0.2) is 11.1 Å². The molecule has 1 aromatic heterocycles. The highest BCUT2D eigenvalue weighted by Crippen LogP contribution is 2.27. The quantitative estimate of drug-likeness (QED) is 0.758. The van der Waals surface area contributed by atoms with E-state index in [0.29, 0.717) is 28.6 Å². The molecular formula is C19H17ClN2O2. The molecular weight excluding hydrogens is 324 g/mol. The van der Waals surface area contributed by atoms with Crippen molar-refractivity contribution in [2.45, 2.75) is 20.4 Å². The van der Waals surface area contributed by atoms with Crippen LogP contribution < -0.4 is 5.32 Å². The van der Waals surface area contributed by atoms with Gasteiger partial charge in [-0.25, -0.2) is 0 Å². The van der Waals surface area contributed by atoms with E-state index in [4.69, 9.17) is 16.1 Å². The highest BCUT2D eigenvalue weighted by Gasteiger charge is 2.21. The van der Waals surface area contributed by atoms with Gasteiger partial charge in [-0.1, -0.05) is 58.7 Å². The smallest absolute Gasteiger partial charge is 0.257 e. The third-order valence-corrected chi connectivity index (χ3v) is 4.00. The first-order valence-electron chi connectivity index (χ1n) is 7.60. The number of halogens is 1. The summed E-state index contributed by atoms with van der Waals surface area (Å²) >= 11 is 6.03. The Kier molecular flexibility index (Phi) is 4.67. The lowest BCUT2D eigenvalue weighted by Gasteiger charge is -2.06. The molecule has 0 atom stereocenters. The number of aryl methyl sites for hydroxylation is 2. The molecule has 0 radical (unpaired) electrons. The molecule has 24 heavy (non-hydrogen) atoms. The molecule has 0 unspecified atom stereocenters. The topological polar surface area (TPSA) is 55.1 Å². The molecule has 0 aliphatic heterocycles. The Balaban J connectivity index is 1.82. The Morgan fingerprint density at radius 1 is 1.17 bits per heavy atom. The van der Waals surface area contributed by atoms with Crippen molar-refractivity contribution in [2.24, 2.45) is 0 Å². The van der Waals surface area contributed by atoms with Crippen LogP contribution in [0.2, 0.25) is 5.02 Å². The maximum atomic E-state index is 12.6. The molecule has 0 aliphatic rings. The predicted molar refractivity (Wildman–Crippen MR) is 94.0 cm³/mol. The number of amides is 1. The van der Waals surface area contributed by atoms with E-state index in [1.807, 2.05) is 43.3 Å². The summed E-state index contributed by atoms with van der Waals surface area (Å²) in [5, 5.41) is 7.52. The summed E-state index contributed by atoms with van der Waals surface area (Å²) < 4.78 is 5.22. The number of carbonyl (C=O) groups is 1. The van der Waals surface area contributed by atoms with E-state index in [1.165, 1.54) is 5.56 Å². The molecule has 122 valence electrons. The van der Waals surface area contributed by atoms with Gasteiger partial charge in [-0.3, -0.25) is 4.79 Å². The van der Waals surface area contributed by atoms with Gasteiger partial charge in [0.2, 0.25) is 0 Å². The van der Waals surface area contributed by atoms with E-state index in [1.54, 1.807) is 19.1 Å². The Hall–Kier alpha value is -2.59. The first-order valence-corrected chi connectivity index (χ1v) is 7.98. The molecule has 3 rings (SSSR count). The number of aromatic nitrogens is 1. The summed E-state index contributed by atoms with van der Waals surface area (Å²) in [4.78, 5) is 12.6. The number of hydrogen-bond acceptors (Lipinski definition) is 3. The lowest BCUT2D eigenvalue weighted by molar-refractivity contribution is 0.0950. The highest BCUT2D eigenvalue weighted by molar-refractivity contribution is 6.30. The van der Waals surface area contributed by atoms with Gasteiger partial charge in [0.05, 0.1) is 0 Å². The number of carbonyl (C=O) groups excluding carboxylic acids is 1. The zero-order valence-corrected chi connectivity index (χ0v) is 14.2. The maximum absolute atomic E-state index is 12.6. The monoisotopic (exact) mass is 340 g/mol. The van der Waals surface area contributed by atoms with Crippen molar-refractivity contribution >= 4 is 17.5 Å². The summed E-state index contributed by atoms with van der Waals surface area (Å²) in [5.41, 5.74) is 3.90. The number of nitrogens with zero attached hydrogens (tertiary/aromatic N) is 1. The maximum Gasteiger partial charge on any atom is 0.257 e. The van der Waals surface area contributed by atoms with Crippen LogP contribution in [0.5, 0.6) is 0 Å². The highest BCUT2D eigenvalue weighted by atomic mass is 35.5. The molecule has 1 heterocycles. The largest absolute Gasteiger partial charge is 0.360 e. The van der Waals surface area contributed by atoms with Gasteiger partial charge in [0.25, 0.3) is 5.91 Å². The Bertz CT molecular complexity index is 869. The lowest BCUT2D eigenvalue weighted by Crippen LogP contribution is -2.23. The molecule has 0 bridgehead atoms. The van der Waals surface area contributed by atoms with Gasteiger partial charge < -0.3 is 9.84 Å². The molecule has 0 saturated carbocycles. The fourth-order valence-corrected chi connectivity index (χ4v) is 2.64. The second kappa shape index (κ2) is 6.89. The van der Waals surface area contributed by atoms with Crippen LogP contribution in [0.1, 0.15) is 27.2 Å². The van der Waals surface area contributed by atoms with E-state index in [0.717, 1.165) is 11.1 Å². The van der Waals surface area contributed by atoms with Crippen molar-refractivity contribution in [3.8, 4) is 11.3 Å². The fraction of sp³-hybridized carbons (Fsp3) is 0.158. The van der Waals surface area contributed by atoms with Crippen LogP contribution in [0.3, 0.4) is 0 Å². The molecule has 0 spiro atoms.